The van der Waals surface area contributed by atoms with Crippen LogP contribution in [-0.4, -0.2) is 36.0 Å². The van der Waals surface area contributed by atoms with E-state index in [1.165, 1.54) is 0 Å². The monoisotopic (exact) mass is 324 g/mol. The molecule has 1 N–H and O–H groups in total. The van der Waals surface area contributed by atoms with Crippen LogP contribution in [0.15, 0.2) is 60.7 Å². The van der Waals surface area contributed by atoms with Crippen LogP contribution in [-0.2, 0) is 9.53 Å². The van der Waals surface area contributed by atoms with Gasteiger partial charge < -0.3 is 10.1 Å². The molecule has 24 heavy (non-hydrogen) atoms. The van der Waals surface area contributed by atoms with Crippen molar-refractivity contribution in [1.29, 1.82) is 0 Å². The molecule has 0 radical (unpaired) electrons. The number of nitrogens with one attached hydrogen (secondary N) is 1. The van der Waals surface area contributed by atoms with Crippen LogP contribution in [0.5, 0.6) is 0 Å². The predicted octanol–water partition coefficient (Wildman–Crippen LogP) is 2.14. The number of hydrogen-bond acceptors (Lipinski definition) is 4. The van der Waals surface area contributed by atoms with E-state index in [-0.39, 0.29) is 19.1 Å². The first-order valence-electron chi connectivity index (χ1n) is 7.53. The van der Waals surface area contributed by atoms with Gasteiger partial charge in [-0.2, -0.15) is 0 Å². The van der Waals surface area contributed by atoms with E-state index >= 15 is 0 Å². The number of ether oxygens (including phenoxy) is 1. The third-order valence-electron chi connectivity index (χ3n) is 3.75. The highest BCUT2D eigenvalue weighted by atomic mass is 16.6. The minimum Gasteiger partial charge on any atom is -0.439 e. The summed E-state index contributed by atoms with van der Waals surface area (Å²) in [7, 11) is 0. The van der Waals surface area contributed by atoms with E-state index in [2.05, 4.69) is 5.32 Å². The fourth-order valence-electron chi connectivity index (χ4n) is 2.49. The van der Waals surface area contributed by atoms with E-state index in [1.54, 1.807) is 24.3 Å². The number of benzene rings is 2. The molecule has 1 aliphatic heterocycles. The third-order valence-corrected chi connectivity index (χ3v) is 3.75. The van der Waals surface area contributed by atoms with E-state index in [9.17, 15) is 14.4 Å². The first kappa shape index (κ1) is 15.7. The maximum Gasteiger partial charge on any atom is 0.417 e. The fourth-order valence-corrected chi connectivity index (χ4v) is 2.49. The highest BCUT2D eigenvalue weighted by molar-refractivity contribution is 5.98. The van der Waals surface area contributed by atoms with E-state index < -0.39 is 18.0 Å². The molecule has 0 spiro atoms. The zero-order valence-electron chi connectivity index (χ0n) is 12.8. The van der Waals surface area contributed by atoms with Crippen LogP contribution in [0, 0.1) is 0 Å². The third kappa shape index (κ3) is 3.43. The van der Waals surface area contributed by atoms with Crippen LogP contribution in [0.4, 0.5) is 4.79 Å². The zero-order chi connectivity index (χ0) is 16.9. The molecule has 6 nitrogen and oxygen atoms in total. The molecule has 1 heterocycles. The second kappa shape index (κ2) is 6.95. The van der Waals surface area contributed by atoms with E-state index in [4.69, 9.17) is 4.74 Å². The molecule has 2 aromatic carbocycles. The molecule has 122 valence electrons. The maximum atomic E-state index is 12.4. The second-order valence-corrected chi connectivity index (χ2v) is 5.36. The number of amides is 3. The minimum absolute atomic E-state index is 0.0280. The van der Waals surface area contributed by atoms with Gasteiger partial charge >= 0.3 is 6.09 Å². The molecule has 1 fully saturated rings. The smallest absolute Gasteiger partial charge is 0.417 e. The number of cyclic esters (lactones) is 1. The van der Waals surface area contributed by atoms with Crippen LogP contribution in [0.25, 0.3) is 0 Å². The Bertz CT molecular complexity index is 730. The molecule has 0 saturated carbocycles. The average molecular weight is 324 g/mol. The van der Waals surface area contributed by atoms with E-state index in [0.717, 1.165) is 10.5 Å². The molecule has 1 atom stereocenters. The summed E-state index contributed by atoms with van der Waals surface area (Å²) in [6.07, 6.45) is -0.685. The van der Waals surface area contributed by atoms with Crippen molar-refractivity contribution in [3.8, 4) is 0 Å². The summed E-state index contributed by atoms with van der Waals surface area (Å²) in [6, 6.07) is 17.4. The second-order valence-electron chi connectivity index (χ2n) is 5.36. The van der Waals surface area contributed by atoms with Gasteiger partial charge in [-0.1, -0.05) is 48.5 Å². The van der Waals surface area contributed by atoms with Crippen molar-refractivity contribution in [2.75, 3.05) is 13.2 Å². The van der Waals surface area contributed by atoms with Gasteiger partial charge in [-0.05, 0) is 17.7 Å². The van der Waals surface area contributed by atoms with Gasteiger partial charge in [0.2, 0.25) is 0 Å². The molecule has 0 aromatic heterocycles. The molecular formula is C18H16N2O4. The molecule has 2 aromatic rings. The molecule has 1 unspecified atom stereocenters. The lowest BCUT2D eigenvalue weighted by Crippen LogP contribution is -2.40. The number of imide groups is 1. The van der Waals surface area contributed by atoms with Gasteiger partial charge in [-0.15, -0.1) is 0 Å². The Hall–Kier alpha value is -3.15. The van der Waals surface area contributed by atoms with Crippen LogP contribution >= 0.6 is 0 Å². The maximum absolute atomic E-state index is 12.4. The van der Waals surface area contributed by atoms with Crippen molar-refractivity contribution in [3.05, 3.63) is 71.8 Å². The van der Waals surface area contributed by atoms with E-state index in [0.29, 0.717) is 5.56 Å². The van der Waals surface area contributed by atoms with Crippen molar-refractivity contribution in [2.45, 2.75) is 6.04 Å². The van der Waals surface area contributed by atoms with E-state index in [1.807, 2.05) is 36.4 Å². The van der Waals surface area contributed by atoms with Crippen molar-refractivity contribution < 1.29 is 19.1 Å². The summed E-state index contributed by atoms with van der Waals surface area (Å²) in [4.78, 5) is 36.9. The first-order chi connectivity index (χ1) is 11.6. The van der Waals surface area contributed by atoms with Crippen molar-refractivity contribution in [3.63, 3.8) is 0 Å². The number of hydrogen-bond donors (Lipinski definition) is 1. The zero-order valence-corrected chi connectivity index (χ0v) is 12.8. The van der Waals surface area contributed by atoms with Crippen molar-refractivity contribution >= 4 is 17.9 Å². The Morgan fingerprint density at radius 1 is 1.04 bits per heavy atom. The van der Waals surface area contributed by atoms with Gasteiger partial charge in [-0.3, -0.25) is 9.59 Å². The molecule has 0 aliphatic carbocycles. The lowest BCUT2D eigenvalue weighted by Gasteiger charge is -2.22. The van der Waals surface area contributed by atoms with Crippen molar-refractivity contribution in [2.24, 2.45) is 0 Å². The van der Waals surface area contributed by atoms with Crippen LogP contribution < -0.4 is 5.32 Å². The van der Waals surface area contributed by atoms with Gasteiger partial charge in [0, 0.05) is 5.56 Å². The Balaban J connectivity index is 1.81. The lowest BCUT2D eigenvalue weighted by molar-refractivity contribution is -0.126. The standard InChI is InChI=1S/C18H16N2O4/c21-16-12-24-18(23)20(16)11-15(13-7-3-1-4-8-13)19-17(22)14-9-5-2-6-10-14/h1-10,15H,11-12H2,(H,19,22). The fraction of sp³-hybridized carbons (Fsp3) is 0.167. The van der Waals surface area contributed by atoms with Gasteiger partial charge in [0.25, 0.3) is 11.8 Å². The quantitative estimate of drug-likeness (QED) is 0.914. The molecule has 0 bridgehead atoms. The Morgan fingerprint density at radius 2 is 1.67 bits per heavy atom. The predicted molar refractivity (Wildman–Crippen MR) is 86.2 cm³/mol. The van der Waals surface area contributed by atoms with Gasteiger partial charge in [0.05, 0.1) is 12.6 Å². The number of carbonyl (C=O) groups is 3. The topological polar surface area (TPSA) is 75.7 Å². The van der Waals surface area contributed by atoms with Crippen LogP contribution in [0.1, 0.15) is 22.0 Å². The average Bonchev–Trinajstić information content (AvgIpc) is 2.94. The van der Waals surface area contributed by atoms with Crippen molar-refractivity contribution in [1.82, 2.24) is 10.2 Å². The normalized spacial score (nSPS) is 15.1. The minimum atomic E-state index is -0.685. The summed E-state index contributed by atoms with van der Waals surface area (Å²) in [5, 5.41) is 2.88. The number of carbonyl (C=O) groups excluding carboxylic acids is 3. The summed E-state index contributed by atoms with van der Waals surface area (Å²) in [6.45, 7) is -0.229. The molecule has 1 saturated heterocycles. The summed E-state index contributed by atoms with van der Waals surface area (Å²) >= 11 is 0. The lowest BCUT2D eigenvalue weighted by atomic mass is 10.1. The Morgan fingerprint density at radius 3 is 2.25 bits per heavy atom. The number of nitrogens with zero attached hydrogens (tertiary/aromatic N) is 1. The highest BCUT2D eigenvalue weighted by Gasteiger charge is 2.33. The molecule has 1 aliphatic rings. The van der Waals surface area contributed by atoms with Crippen LogP contribution in [0.2, 0.25) is 0 Å². The highest BCUT2D eigenvalue weighted by Crippen LogP contribution is 2.18. The van der Waals surface area contributed by atoms with Gasteiger partial charge in [-0.25, -0.2) is 9.69 Å². The summed E-state index contributed by atoms with van der Waals surface area (Å²) in [5.41, 5.74) is 1.31. The first-order valence-corrected chi connectivity index (χ1v) is 7.53. The summed E-state index contributed by atoms with van der Waals surface area (Å²) < 4.78 is 4.73. The number of rotatable bonds is 5. The molecular weight excluding hydrogens is 308 g/mol. The molecule has 3 rings (SSSR count). The largest absolute Gasteiger partial charge is 0.439 e. The Labute approximate surface area is 139 Å². The Kier molecular flexibility index (Phi) is 4.56. The van der Waals surface area contributed by atoms with Gasteiger partial charge in [0.1, 0.15) is 0 Å². The SMILES string of the molecule is O=C(NC(CN1C(=O)COC1=O)c1ccccc1)c1ccccc1. The van der Waals surface area contributed by atoms with Gasteiger partial charge in [0.15, 0.2) is 6.61 Å². The van der Waals surface area contributed by atoms with Crippen LogP contribution in [0.3, 0.4) is 0 Å². The molecule has 3 amide bonds. The molecule has 6 heteroatoms. The summed E-state index contributed by atoms with van der Waals surface area (Å²) in [5.74, 6) is -0.681.